The summed E-state index contributed by atoms with van der Waals surface area (Å²) in [4.78, 5) is 7.24. The van der Waals surface area contributed by atoms with Crippen LogP contribution in [0.1, 0.15) is 16.7 Å². The Balaban J connectivity index is 1.49. The standard InChI is InChI=1S/C23H28N2OS/c1-25(12-13-26-2)11-10-19-16-24-21-8-5-9-22(23(19)21)27-20-14-17-6-3-4-7-18(17)15-20/h3-9,16,20,24H,10-15H2,1-2H3. The van der Waals surface area contributed by atoms with Gasteiger partial charge in [-0.15, -0.1) is 11.8 Å². The summed E-state index contributed by atoms with van der Waals surface area (Å²) >= 11 is 2.05. The Morgan fingerprint density at radius 1 is 1.07 bits per heavy atom. The van der Waals surface area contributed by atoms with Crippen LogP contribution in [0, 0.1) is 0 Å². The van der Waals surface area contributed by atoms with E-state index in [4.69, 9.17) is 4.74 Å². The highest BCUT2D eigenvalue weighted by Gasteiger charge is 2.23. The second-order valence-corrected chi connectivity index (χ2v) is 8.80. The SMILES string of the molecule is COCCN(C)CCc1c[nH]c2cccc(SC3Cc4ccccc4C3)c12. The number of hydrogen-bond donors (Lipinski definition) is 1. The number of nitrogens with zero attached hydrogens (tertiary/aromatic N) is 1. The smallest absolute Gasteiger partial charge is 0.0589 e. The topological polar surface area (TPSA) is 28.3 Å². The summed E-state index contributed by atoms with van der Waals surface area (Å²) in [6, 6.07) is 15.6. The van der Waals surface area contributed by atoms with Gasteiger partial charge in [-0.1, -0.05) is 30.3 Å². The first-order chi connectivity index (χ1) is 13.2. The van der Waals surface area contributed by atoms with Crippen LogP contribution in [0.25, 0.3) is 10.9 Å². The summed E-state index contributed by atoms with van der Waals surface area (Å²) in [5.41, 5.74) is 5.73. The Kier molecular flexibility index (Phi) is 5.86. The molecule has 4 rings (SSSR count). The molecule has 1 N–H and O–H groups in total. The minimum Gasteiger partial charge on any atom is -0.383 e. The van der Waals surface area contributed by atoms with Crippen LogP contribution in [0.3, 0.4) is 0 Å². The number of nitrogens with one attached hydrogen (secondary N) is 1. The second-order valence-electron chi connectivity index (χ2n) is 7.46. The third-order valence-corrected chi connectivity index (χ3v) is 6.76. The van der Waals surface area contributed by atoms with E-state index in [0.29, 0.717) is 5.25 Å². The molecule has 142 valence electrons. The predicted molar refractivity (Wildman–Crippen MR) is 115 cm³/mol. The summed E-state index contributed by atoms with van der Waals surface area (Å²) in [6.07, 6.45) is 5.61. The lowest BCUT2D eigenvalue weighted by molar-refractivity contribution is 0.162. The molecule has 0 amide bonds. The number of likely N-dealkylation sites (N-methyl/N-ethyl adjacent to an activating group) is 1. The highest BCUT2D eigenvalue weighted by molar-refractivity contribution is 8.00. The van der Waals surface area contributed by atoms with Gasteiger partial charge < -0.3 is 14.6 Å². The van der Waals surface area contributed by atoms with Crippen LogP contribution < -0.4 is 0 Å². The van der Waals surface area contributed by atoms with Gasteiger partial charge in [0.05, 0.1) is 6.61 Å². The van der Waals surface area contributed by atoms with E-state index in [9.17, 15) is 0 Å². The number of H-pyrrole nitrogens is 1. The molecule has 2 aromatic carbocycles. The molecule has 1 aliphatic carbocycles. The number of thioether (sulfide) groups is 1. The molecule has 0 radical (unpaired) electrons. The molecule has 0 atom stereocenters. The van der Waals surface area contributed by atoms with E-state index < -0.39 is 0 Å². The molecule has 3 nitrogen and oxygen atoms in total. The Morgan fingerprint density at radius 2 is 1.85 bits per heavy atom. The Bertz CT molecular complexity index is 879. The molecule has 27 heavy (non-hydrogen) atoms. The molecule has 1 heterocycles. The van der Waals surface area contributed by atoms with E-state index in [0.717, 1.165) is 26.1 Å². The summed E-state index contributed by atoms with van der Waals surface area (Å²) in [5.74, 6) is 0. The van der Waals surface area contributed by atoms with E-state index in [1.54, 1.807) is 7.11 Å². The third-order valence-electron chi connectivity index (χ3n) is 5.50. The van der Waals surface area contributed by atoms with E-state index in [2.05, 4.69) is 77.4 Å². The summed E-state index contributed by atoms with van der Waals surface area (Å²) < 4.78 is 5.19. The van der Waals surface area contributed by atoms with Crippen molar-refractivity contribution in [1.29, 1.82) is 0 Å². The van der Waals surface area contributed by atoms with Crippen molar-refractivity contribution >= 4 is 22.7 Å². The monoisotopic (exact) mass is 380 g/mol. The van der Waals surface area contributed by atoms with Gasteiger partial charge in [-0.05, 0) is 55.1 Å². The van der Waals surface area contributed by atoms with Gasteiger partial charge in [0.2, 0.25) is 0 Å². The van der Waals surface area contributed by atoms with Gasteiger partial charge in [-0.2, -0.15) is 0 Å². The number of rotatable bonds is 8. The van der Waals surface area contributed by atoms with Gasteiger partial charge in [0.1, 0.15) is 0 Å². The minimum atomic E-state index is 0.639. The van der Waals surface area contributed by atoms with E-state index >= 15 is 0 Å². The fraction of sp³-hybridized carbons (Fsp3) is 0.391. The normalized spacial score (nSPS) is 14.3. The van der Waals surface area contributed by atoms with Gasteiger partial charge in [-0.3, -0.25) is 0 Å². The zero-order valence-electron chi connectivity index (χ0n) is 16.2. The lowest BCUT2D eigenvalue weighted by atomic mass is 10.1. The average Bonchev–Trinajstić information content (AvgIpc) is 3.28. The molecule has 0 spiro atoms. The number of aromatic amines is 1. The molecule has 1 aliphatic rings. The molecular formula is C23H28N2OS. The predicted octanol–water partition coefficient (Wildman–Crippen LogP) is 4.55. The first-order valence-corrected chi connectivity index (χ1v) is 10.6. The van der Waals surface area contributed by atoms with Crippen LogP contribution in [-0.4, -0.2) is 49.0 Å². The van der Waals surface area contributed by atoms with Crippen LogP contribution >= 0.6 is 11.8 Å². The van der Waals surface area contributed by atoms with E-state index in [1.807, 2.05) is 0 Å². The lowest BCUT2D eigenvalue weighted by Crippen LogP contribution is -2.25. The van der Waals surface area contributed by atoms with Crippen molar-refractivity contribution in [1.82, 2.24) is 9.88 Å². The molecule has 4 heteroatoms. The molecule has 0 aliphatic heterocycles. The summed E-state index contributed by atoms with van der Waals surface area (Å²) in [7, 11) is 3.93. The first kappa shape index (κ1) is 18.6. The fourth-order valence-electron chi connectivity index (χ4n) is 3.97. The highest BCUT2D eigenvalue weighted by atomic mass is 32.2. The Hall–Kier alpha value is -1.75. The van der Waals surface area contributed by atoms with Crippen molar-refractivity contribution in [2.45, 2.75) is 29.4 Å². The quantitative estimate of drug-likeness (QED) is 0.621. The van der Waals surface area contributed by atoms with Crippen LogP contribution in [0.15, 0.2) is 53.6 Å². The maximum absolute atomic E-state index is 5.19. The van der Waals surface area contributed by atoms with Crippen molar-refractivity contribution in [2.75, 3.05) is 33.9 Å². The summed E-state index contributed by atoms with van der Waals surface area (Å²) in [5, 5.41) is 2.05. The fourth-order valence-corrected chi connectivity index (χ4v) is 5.37. The van der Waals surface area contributed by atoms with E-state index in [-0.39, 0.29) is 0 Å². The number of methoxy groups -OCH3 is 1. The summed E-state index contributed by atoms with van der Waals surface area (Å²) in [6.45, 7) is 2.80. The van der Waals surface area contributed by atoms with Crippen molar-refractivity contribution in [3.63, 3.8) is 0 Å². The molecule has 1 aromatic heterocycles. The number of ether oxygens (including phenoxy) is 1. The average molecular weight is 381 g/mol. The number of benzene rings is 2. The number of hydrogen-bond acceptors (Lipinski definition) is 3. The van der Waals surface area contributed by atoms with Crippen LogP contribution in [0.5, 0.6) is 0 Å². The van der Waals surface area contributed by atoms with Crippen molar-refractivity contribution in [3.05, 3.63) is 65.4 Å². The van der Waals surface area contributed by atoms with Crippen molar-refractivity contribution < 1.29 is 4.74 Å². The van der Waals surface area contributed by atoms with Gasteiger partial charge in [-0.25, -0.2) is 0 Å². The third kappa shape index (κ3) is 4.23. The zero-order chi connectivity index (χ0) is 18.6. The Labute approximate surface area is 166 Å². The number of aromatic nitrogens is 1. The zero-order valence-corrected chi connectivity index (χ0v) is 17.0. The van der Waals surface area contributed by atoms with Gasteiger partial charge in [0.15, 0.2) is 0 Å². The molecule has 0 bridgehead atoms. The molecule has 0 saturated heterocycles. The molecule has 0 saturated carbocycles. The minimum absolute atomic E-state index is 0.639. The number of fused-ring (bicyclic) bond motifs is 2. The second kappa shape index (κ2) is 8.51. The Morgan fingerprint density at radius 3 is 2.59 bits per heavy atom. The van der Waals surface area contributed by atoms with Crippen molar-refractivity contribution in [2.24, 2.45) is 0 Å². The van der Waals surface area contributed by atoms with Gasteiger partial charge >= 0.3 is 0 Å². The molecule has 0 unspecified atom stereocenters. The van der Waals surface area contributed by atoms with Crippen LogP contribution in [0.4, 0.5) is 0 Å². The maximum atomic E-state index is 5.19. The first-order valence-electron chi connectivity index (χ1n) is 9.74. The van der Waals surface area contributed by atoms with E-state index in [1.165, 1.54) is 45.3 Å². The van der Waals surface area contributed by atoms with Crippen LogP contribution in [-0.2, 0) is 24.0 Å². The van der Waals surface area contributed by atoms with Crippen LogP contribution in [0.2, 0.25) is 0 Å². The molecule has 3 aromatic rings. The highest BCUT2D eigenvalue weighted by Crippen LogP contribution is 2.38. The van der Waals surface area contributed by atoms with Gasteiger partial charge in [0, 0.05) is 47.4 Å². The molecular weight excluding hydrogens is 352 g/mol. The largest absolute Gasteiger partial charge is 0.383 e. The molecule has 0 fully saturated rings. The lowest BCUT2D eigenvalue weighted by Gasteiger charge is -2.16. The maximum Gasteiger partial charge on any atom is 0.0589 e. The van der Waals surface area contributed by atoms with Crippen molar-refractivity contribution in [3.8, 4) is 0 Å². The van der Waals surface area contributed by atoms with Gasteiger partial charge in [0.25, 0.3) is 0 Å².